The summed E-state index contributed by atoms with van der Waals surface area (Å²) in [6.07, 6.45) is 2.54. The van der Waals surface area contributed by atoms with Gasteiger partial charge in [-0.3, -0.25) is 0 Å². The lowest BCUT2D eigenvalue weighted by molar-refractivity contribution is 0.130. The fraction of sp³-hybridized carbons (Fsp3) is 0.818. The number of hydrogen-bond donors (Lipinski definition) is 1. The van der Waals surface area contributed by atoms with Crippen LogP contribution in [-0.4, -0.2) is 23.4 Å². The van der Waals surface area contributed by atoms with E-state index in [4.69, 9.17) is 15.0 Å². The molecule has 1 aliphatic rings. The lowest BCUT2D eigenvalue weighted by atomic mass is 10.1. The highest BCUT2D eigenvalue weighted by Crippen LogP contribution is 2.41. The normalized spacial score (nSPS) is 19.7. The highest BCUT2D eigenvalue weighted by Gasteiger charge is 2.32. The lowest BCUT2D eigenvalue weighted by Crippen LogP contribution is -2.18. The molecule has 1 aliphatic carbocycles. The molecule has 1 aromatic heterocycles. The van der Waals surface area contributed by atoms with E-state index in [1.54, 1.807) is 0 Å². The molecule has 0 bridgehead atoms. The molecule has 5 heteroatoms. The van der Waals surface area contributed by atoms with E-state index in [9.17, 15) is 0 Å². The Hall–Kier alpha value is -0.940. The summed E-state index contributed by atoms with van der Waals surface area (Å²) < 4.78 is 10.5. The van der Waals surface area contributed by atoms with Gasteiger partial charge < -0.3 is 15.0 Å². The SMILES string of the molecule is CCOCC(N)c1noc(C(C)C2CC2)n1. The number of nitrogens with two attached hydrogens (primary N) is 1. The Morgan fingerprint density at radius 3 is 2.94 bits per heavy atom. The van der Waals surface area contributed by atoms with Gasteiger partial charge in [0, 0.05) is 12.5 Å². The molecule has 0 radical (unpaired) electrons. The molecule has 1 aromatic rings. The molecule has 2 rings (SSSR count). The van der Waals surface area contributed by atoms with Gasteiger partial charge in [-0.2, -0.15) is 4.98 Å². The Labute approximate surface area is 95.3 Å². The van der Waals surface area contributed by atoms with Crippen molar-refractivity contribution in [1.82, 2.24) is 10.1 Å². The maximum atomic E-state index is 5.88. The van der Waals surface area contributed by atoms with Crippen molar-refractivity contribution in [2.45, 2.75) is 38.6 Å². The minimum Gasteiger partial charge on any atom is -0.380 e. The van der Waals surface area contributed by atoms with Gasteiger partial charge in [-0.1, -0.05) is 12.1 Å². The molecular weight excluding hydrogens is 206 g/mol. The summed E-state index contributed by atoms with van der Waals surface area (Å²) in [5.41, 5.74) is 5.88. The quantitative estimate of drug-likeness (QED) is 0.796. The van der Waals surface area contributed by atoms with E-state index in [2.05, 4.69) is 17.1 Å². The van der Waals surface area contributed by atoms with Crippen molar-refractivity contribution in [2.24, 2.45) is 11.7 Å². The molecule has 2 atom stereocenters. The number of rotatable bonds is 6. The zero-order chi connectivity index (χ0) is 11.5. The smallest absolute Gasteiger partial charge is 0.229 e. The van der Waals surface area contributed by atoms with Crippen LogP contribution in [0.4, 0.5) is 0 Å². The van der Waals surface area contributed by atoms with Crippen LogP contribution < -0.4 is 5.73 Å². The third-order valence-electron chi connectivity index (χ3n) is 3.01. The van der Waals surface area contributed by atoms with Crippen molar-refractivity contribution in [2.75, 3.05) is 13.2 Å². The van der Waals surface area contributed by atoms with Crippen LogP contribution >= 0.6 is 0 Å². The van der Waals surface area contributed by atoms with E-state index in [1.807, 2.05) is 6.92 Å². The summed E-state index contributed by atoms with van der Waals surface area (Å²) in [5.74, 6) is 2.34. The van der Waals surface area contributed by atoms with Gasteiger partial charge in [-0.25, -0.2) is 0 Å². The van der Waals surface area contributed by atoms with Crippen LogP contribution in [0.3, 0.4) is 0 Å². The second-order valence-corrected chi connectivity index (χ2v) is 4.38. The Kier molecular flexibility index (Phi) is 3.56. The van der Waals surface area contributed by atoms with Gasteiger partial charge in [-0.05, 0) is 25.7 Å². The van der Waals surface area contributed by atoms with Crippen molar-refractivity contribution in [3.8, 4) is 0 Å². The van der Waals surface area contributed by atoms with Crippen molar-refractivity contribution >= 4 is 0 Å². The Morgan fingerprint density at radius 1 is 1.56 bits per heavy atom. The first-order valence-electron chi connectivity index (χ1n) is 5.89. The van der Waals surface area contributed by atoms with E-state index in [0.717, 1.165) is 5.92 Å². The van der Waals surface area contributed by atoms with Gasteiger partial charge in [0.2, 0.25) is 5.89 Å². The summed E-state index contributed by atoms with van der Waals surface area (Å²) in [5, 5.41) is 3.91. The topological polar surface area (TPSA) is 74.2 Å². The molecule has 0 aromatic carbocycles. The third-order valence-corrected chi connectivity index (χ3v) is 3.01. The maximum Gasteiger partial charge on any atom is 0.229 e. The monoisotopic (exact) mass is 225 g/mol. The minimum atomic E-state index is -0.288. The summed E-state index contributed by atoms with van der Waals surface area (Å²) in [7, 11) is 0. The number of hydrogen-bond acceptors (Lipinski definition) is 5. The number of aromatic nitrogens is 2. The highest BCUT2D eigenvalue weighted by molar-refractivity contribution is 5.01. The first-order valence-corrected chi connectivity index (χ1v) is 5.89. The van der Waals surface area contributed by atoms with E-state index >= 15 is 0 Å². The van der Waals surface area contributed by atoms with Crippen molar-refractivity contribution in [3.63, 3.8) is 0 Å². The number of nitrogens with zero attached hydrogens (tertiary/aromatic N) is 2. The number of ether oxygens (including phenoxy) is 1. The van der Waals surface area contributed by atoms with Gasteiger partial charge in [0.1, 0.15) is 0 Å². The fourth-order valence-corrected chi connectivity index (χ4v) is 1.70. The van der Waals surface area contributed by atoms with Crippen LogP contribution in [0, 0.1) is 5.92 Å². The van der Waals surface area contributed by atoms with E-state index in [0.29, 0.717) is 30.8 Å². The van der Waals surface area contributed by atoms with Crippen LogP contribution in [0.25, 0.3) is 0 Å². The average molecular weight is 225 g/mol. The second kappa shape index (κ2) is 4.93. The van der Waals surface area contributed by atoms with Crippen molar-refractivity contribution in [1.29, 1.82) is 0 Å². The van der Waals surface area contributed by atoms with E-state index < -0.39 is 0 Å². The van der Waals surface area contributed by atoms with Gasteiger partial charge in [0.05, 0.1) is 12.6 Å². The van der Waals surface area contributed by atoms with Crippen LogP contribution in [0.5, 0.6) is 0 Å². The standard InChI is InChI=1S/C11H19N3O2/c1-3-15-6-9(12)10-13-11(16-14-10)7(2)8-4-5-8/h7-9H,3-6,12H2,1-2H3. The highest BCUT2D eigenvalue weighted by atomic mass is 16.5. The molecule has 90 valence electrons. The zero-order valence-electron chi connectivity index (χ0n) is 9.85. The summed E-state index contributed by atoms with van der Waals surface area (Å²) in [4.78, 5) is 4.34. The van der Waals surface area contributed by atoms with Crippen LogP contribution in [-0.2, 0) is 4.74 Å². The molecule has 0 amide bonds. The molecule has 5 nitrogen and oxygen atoms in total. The van der Waals surface area contributed by atoms with Crippen molar-refractivity contribution < 1.29 is 9.26 Å². The third kappa shape index (κ3) is 2.59. The Balaban J connectivity index is 1.95. The Morgan fingerprint density at radius 2 is 2.31 bits per heavy atom. The predicted molar refractivity (Wildman–Crippen MR) is 58.9 cm³/mol. The average Bonchev–Trinajstić information content (AvgIpc) is 3.02. The molecule has 16 heavy (non-hydrogen) atoms. The van der Waals surface area contributed by atoms with Crippen LogP contribution in [0.2, 0.25) is 0 Å². The second-order valence-electron chi connectivity index (χ2n) is 4.38. The Bertz CT molecular complexity index is 336. The lowest BCUT2D eigenvalue weighted by Gasteiger charge is -2.06. The van der Waals surface area contributed by atoms with Crippen molar-refractivity contribution in [3.05, 3.63) is 11.7 Å². The molecular formula is C11H19N3O2. The maximum absolute atomic E-state index is 5.88. The molecule has 0 saturated heterocycles. The molecule has 2 N–H and O–H groups in total. The van der Waals surface area contributed by atoms with Gasteiger partial charge in [0.25, 0.3) is 0 Å². The minimum absolute atomic E-state index is 0.288. The van der Waals surface area contributed by atoms with Gasteiger partial charge in [0.15, 0.2) is 5.82 Å². The van der Waals surface area contributed by atoms with E-state index in [-0.39, 0.29) is 6.04 Å². The summed E-state index contributed by atoms with van der Waals surface area (Å²) in [6, 6.07) is -0.288. The zero-order valence-corrected chi connectivity index (χ0v) is 9.85. The molecule has 1 saturated carbocycles. The van der Waals surface area contributed by atoms with Crippen LogP contribution in [0.15, 0.2) is 4.52 Å². The summed E-state index contributed by atoms with van der Waals surface area (Å²) in [6.45, 7) is 5.15. The first-order chi connectivity index (χ1) is 7.72. The predicted octanol–water partition coefficient (Wildman–Crippen LogP) is 1.62. The molecule has 1 heterocycles. The fourth-order valence-electron chi connectivity index (χ4n) is 1.70. The van der Waals surface area contributed by atoms with Gasteiger partial charge in [-0.15, -0.1) is 0 Å². The largest absolute Gasteiger partial charge is 0.380 e. The summed E-state index contributed by atoms with van der Waals surface area (Å²) >= 11 is 0. The first kappa shape index (κ1) is 11.5. The molecule has 2 unspecified atom stereocenters. The molecule has 0 spiro atoms. The molecule has 1 fully saturated rings. The van der Waals surface area contributed by atoms with E-state index in [1.165, 1.54) is 12.8 Å². The van der Waals surface area contributed by atoms with Gasteiger partial charge >= 0.3 is 0 Å². The van der Waals surface area contributed by atoms with Crippen LogP contribution in [0.1, 0.15) is 50.4 Å². The molecule has 0 aliphatic heterocycles.